The average Bonchev–Trinajstić information content (AvgIpc) is 3.26. The monoisotopic (exact) mass is 346 g/mol. The first-order chi connectivity index (χ1) is 11.8. The summed E-state index contributed by atoms with van der Waals surface area (Å²) in [5.41, 5.74) is 0.896. The number of nitrogens with one attached hydrogen (secondary N) is 2. The van der Waals surface area contributed by atoms with Crippen molar-refractivity contribution in [2.24, 2.45) is 0 Å². The lowest BCUT2D eigenvalue weighted by atomic mass is 9.95. The van der Waals surface area contributed by atoms with Crippen LogP contribution in [0.4, 0.5) is 4.79 Å². The Labute approximate surface area is 147 Å². The lowest BCUT2D eigenvalue weighted by Crippen LogP contribution is -2.45. The molecule has 2 N–H and O–H groups in total. The molecule has 1 aliphatic rings. The van der Waals surface area contributed by atoms with E-state index < -0.39 is 0 Å². The number of rotatable bonds is 3. The van der Waals surface area contributed by atoms with Crippen LogP contribution < -0.4 is 5.32 Å². The minimum absolute atomic E-state index is 0.104. The Kier molecular flexibility index (Phi) is 4.78. The topological polar surface area (TPSA) is 99.9 Å². The van der Waals surface area contributed by atoms with Gasteiger partial charge in [-0.3, -0.25) is 5.10 Å². The van der Waals surface area contributed by atoms with Crippen LogP contribution in [-0.2, 0) is 5.41 Å². The number of aromatic nitrogens is 4. The lowest BCUT2D eigenvalue weighted by molar-refractivity contribution is 0.173. The van der Waals surface area contributed by atoms with Gasteiger partial charge in [0, 0.05) is 36.3 Å². The van der Waals surface area contributed by atoms with Gasteiger partial charge in [0.15, 0.2) is 5.82 Å². The van der Waals surface area contributed by atoms with Crippen LogP contribution in [0.15, 0.2) is 16.8 Å². The number of carbonyl (C=O) groups is 1. The van der Waals surface area contributed by atoms with E-state index in [0.29, 0.717) is 24.2 Å². The number of H-pyrrole nitrogens is 1. The summed E-state index contributed by atoms with van der Waals surface area (Å²) in [6.45, 7) is 9.35. The zero-order valence-electron chi connectivity index (χ0n) is 15.2. The van der Waals surface area contributed by atoms with E-state index in [4.69, 9.17) is 4.52 Å². The van der Waals surface area contributed by atoms with Gasteiger partial charge >= 0.3 is 6.03 Å². The highest BCUT2D eigenvalue weighted by atomic mass is 16.5. The molecule has 0 aliphatic carbocycles. The fourth-order valence-corrected chi connectivity index (χ4v) is 2.96. The van der Waals surface area contributed by atoms with Crippen molar-refractivity contribution in [2.75, 3.05) is 13.1 Å². The third-order valence-electron chi connectivity index (χ3n) is 4.49. The number of carbonyl (C=O) groups excluding carboxylic acids is 1. The number of piperidine rings is 1. The number of aromatic amines is 1. The van der Waals surface area contributed by atoms with Crippen LogP contribution in [0.2, 0.25) is 0 Å². The Hall–Kier alpha value is -2.38. The van der Waals surface area contributed by atoms with Gasteiger partial charge in [-0.05, 0) is 25.8 Å². The van der Waals surface area contributed by atoms with Crippen molar-refractivity contribution in [3.05, 3.63) is 29.7 Å². The Bertz CT molecular complexity index is 703. The summed E-state index contributed by atoms with van der Waals surface area (Å²) in [7, 11) is 0. The first kappa shape index (κ1) is 17.4. The second kappa shape index (κ2) is 6.85. The first-order valence-electron chi connectivity index (χ1n) is 8.73. The smallest absolute Gasteiger partial charge is 0.318 e. The molecule has 8 nitrogen and oxygen atoms in total. The van der Waals surface area contributed by atoms with E-state index in [1.807, 2.05) is 38.7 Å². The molecule has 8 heteroatoms. The van der Waals surface area contributed by atoms with Gasteiger partial charge in [0.1, 0.15) is 6.04 Å². The van der Waals surface area contributed by atoms with Crippen LogP contribution in [-0.4, -0.2) is 44.4 Å². The number of amides is 2. The van der Waals surface area contributed by atoms with Gasteiger partial charge in [-0.15, -0.1) is 0 Å². The summed E-state index contributed by atoms with van der Waals surface area (Å²) < 4.78 is 5.31. The van der Waals surface area contributed by atoms with Crippen LogP contribution >= 0.6 is 0 Å². The molecule has 0 bridgehead atoms. The van der Waals surface area contributed by atoms with Crippen molar-refractivity contribution in [3.8, 4) is 0 Å². The molecule has 1 saturated heterocycles. The van der Waals surface area contributed by atoms with Crippen molar-refractivity contribution < 1.29 is 9.32 Å². The molecule has 2 aromatic heterocycles. The maximum absolute atomic E-state index is 12.6. The summed E-state index contributed by atoms with van der Waals surface area (Å²) >= 11 is 0. The van der Waals surface area contributed by atoms with Crippen molar-refractivity contribution in [3.63, 3.8) is 0 Å². The molecule has 3 heterocycles. The number of hydrogen-bond acceptors (Lipinski definition) is 5. The van der Waals surface area contributed by atoms with Crippen LogP contribution in [0.3, 0.4) is 0 Å². The molecule has 2 aromatic rings. The van der Waals surface area contributed by atoms with Gasteiger partial charge in [-0.25, -0.2) is 4.79 Å². The standard InChI is InChI=1S/C17H26N6O2/c1-11(14-20-15(22-25-14)17(2,3)4)19-16(24)23-9-5-6-12(10-23)13-7-8-18-21-13/h7-8,11-12H,5-6,9-10H2,1-4H3,(H,18,21)(H,19,24)/t11-,12-/m1/s1. The van der Waals surface area contributed by atoms with E-state index in [-0.39, 0.29) is 17.5 Å². The predicted octanol–water partition coefficient (Wildman–Crippen LogP) is 2.74. The van der Waals surface area contributed by atoms with Crippen molar-refractivity contribution in [1.29, 1.82) is 0 Å². The van der Waals surface area contributed by atoms with Crippen LogP contribution in [0.5, 0.6) is 0 Å². The van der Waals surface area contributed by atoms with E-state index in [0.717, 1.165) is 25.1 Å². The summed E-state index contributed by atoms with van der Waals surface area (Å²) in [6.07, 6.45) is 3.78. The second-order valence-corrected chi connectivity index (χ2v) is 7.67. The summed E-state index contributed by atoms with van der Waals surface area (Å²) in [5, 5.41) is 14.0. The Morgan fingerprint density at radius 2 is 2.28 bits per heavy atom. The van der Waals surface area contributed by atoms with Gasteiger partial charge in [0.2, 0.25) is 5.89 Å². The Morgan fingerprint density at radius 1 is 1.48 bits per heavy atom. The molecule has 0 radical (unpaired) electrons. The number of nitrogens with zero attached hydrogens (tertiary/aromatic N) is 4. The van der Waals surface area contributed by atoms with Crippen LogP contribution in [0.1, 0.15) is 69.9 Å². The lowest BCUT2D eigenvalue weighted by Gasteiger charge is -2.32. The van der Waals surface area contributed by atoms with Crippen molar-refractivity contribution in [2.45, 2.75) is 57.9 Å². The molecular formula is C17H26N6O2. The number of hydrogen-bond donors (Lipinski definition) is 2. The Morgan fingerprint density at radius 3 is 2.92 bits per heavy atom. The summed E-state index contributed by atoms with van der Waals surface area (Å²) in [5.74, 6) is 1.37. The zero-order valence-corrected chi connectivity index (χ0v) is 15.2. The first-order valence-corrected chi connectivity index (χ1v) is 8.73. The van der Waals surface area contributed by atoms with Crippen molar-refractivity contribution in [1.82, 2.24) is 30.6 Å². The van der Waals surface area contributed by atoms with Crippen LogP contribution in [0, 0.1) is 0 Å². The number of urea groups is 1. The van der Waals surface area contributed by atoms with Gasteiger partial charge in [-0.1, -0.05) is 25.9 Å². The second-order valence-electron chi connectivity index (χ2n) is 7.67. The Balaban J connectivity index is 1.60. The molecule has 136 valence electrons. The van der Waals surface area contributed by atoms with E-state index >= 15 is 0 Å². The molecule has 3 rings (SSSR count). The highest BCUT2D eigenvalue weighted by Crippen LogP contribution is 2.26. The molecule has 1 fully saturated rings. The molecule has 25 heavy (non-hydrogen) atoms. The molecule has 2 atom stereocenters. The molecule has 0 unspecified atom stereocenters. The maximum Gasteiger partial charge on any atom is 0.318 e. The summed E-state index contributed by atoms with van der Waals surface area (Å²) in [6, 6.07) is 1.54. The van der Waals surface area contributed by atoms with E-state index in [9.17, 15) is 4.79 Å². The zero-order chi connectivity index (χ0) is 18.0. The van der Waals surface area contributed by atoms with Gasteiger partial charge < -0.3 is 14.7 Å². The quantitative estimate of drug-likeness (QED) is 0.890. The predicted molar refractivity (Wildman–Crippen MR) is 92.1 cm³/mol. The maximum atomic E-state index is 12.6. The molecule has 0 aromatic carbocycles. The third-order valence-corrected chi connectivity index (χ3v) is 4.49. The molecule has 1 aliphatic heterocycles. The third kappa shape index (κ3) is 4.00. The molecule has 0 saturated carbocycles. The van der Waals surface area contributed by atoms with Crippen molar-refractivity contribution >= 4 is 6.03 Å². The largest absolute Gasteiger partial charge is 0.337 e. The molecular weight excluding hydrogens is 320 g/mol. The summed E-state index contributed by atoms with van der Waals surface area (Å²) in [4.78, 5) is 18.9. The number of likely N-dealkylation sites (tertiary alicyclic amines) is 1. The van der Waals surface area contributed by atoms with E-state index in [2.05, 4.69) is 25.7 Å². The normalized spacial score (nSPS) is 19.7. The molecule has 0 spiro atoms. The fourth-order valence-electron chi connectivity index (χ4n) is 2.96. The van der Waals surface area contributed by atoms with Crippen LogP contribution in [0.25, 0.3) is 0 Å². The fraction of sp³-hybridized carbons (Fsp3) is 0.647. The minimum Gasteiger partial charge on any atom is -0.337 e. The SMILES string of the molecule is C[C@@H](NC(=O)N1CCC[C@@H](c2ccn[nH]2)C1)c1nc(C(C)(C)C)no1. The highest BCUT2D eigenvalue weighted by Gasteiger charge is 2.28. The van der Waals surface area contributed by atoms with Gasteiger partial charge in [0.05, 0.1) is 0 Å². The molecule has 2 amide bonds. The van der Waals surface area contributed by atoms with Gasteiger partial charge in [-0.2, -0.15) is 10.1 Å². The van der Waals surface area contributed by atoms with Gasteiger partial charge in [0.25, 0.3) is 0 Å². The minimum atomic E-state index is -0.330. The van der Waals surface area contributed by atoms with E-state index in [1.54, 1.807) is 6.20 Å². The van der Waals surface area contributed by atoms with E-state index in [1.165, 1.54) is 0 Å². The average molecular weight is 346 g/mol. The highest BCUT2D eigenvalue weighted by molar-refractivity contribution is 5.74.